The lowest BCUT2D eigenvalue weighted by Gasteiger charge is -2.09. The predicted octanol–water partition coefficient (Wildman–Crippen LogP) is 0.603. The fourth-order valence-corrected chi connectivity index (χ4v) is 0.882. The molecule has 0 aromatic carbocycles. The highest BCUT2D eigenvalue weighted by Gasteiger charge is 2.01. The van der Waals surface area contributed by atoms with Gasteiger partial charge in [-0.25, -0.2) is 0 Å². The Balaban J connectivity index is 3.01. The summed E-state index contributed by atoms with van der Waals surface area (Å²) >= 11 is 0. The molecule has 4 heteroatoms. The summed E-state index contributed by atoms with van der Waals surface area (Å²) in [4.78, 5) is 0. The lowest BCUT2D eigenvalue weighted by Crippen LogP contribution is -2.17. The topological polar surface area (TPSA) is 47.9 Å². The average molecular weight is 204 g/mol. The van der Waals surface area contributed by atoms with Crippen molar-refractivity contribution in [3.05, 3.63) is 12.7 Å². The minimum absolute atomic E-state index is 0.357. The van der Waals surface area contributed by atoms with Crippen molar-refractivity contribution >= 4 is 0 Å². The summed E-state index contributed by atoms with van der Waals surface area (Å²) in [6.45, 7) is 6.08. The van der Waals surface area contributed by atoms with Crippen LogP contribution in [0.15, 0.2) is 12.7 Å². The molecule has 0 aromatic rings. The lowest BCUT2D eigenvalue weighted by atomic mass is 10.3. The molecule has 0 rings (SSSR count). The van der Waals surface area contributed by atoms with Gasteiger partial charge in [-0.05, 0) is 6.42 Å². The SMILES string of the molecule is C=CCOCCOCCC(O)COC. The number of ether oxygens (including phenoxy) is 3. The van der Waals surface area contributed by atoms with Gasteiger partial charge in [-0.3, -0.25) is 0 Å². The molecular weight excluding hydrogens is 184 g/mol. The Morgan fingerprint density at radius 3 is 2.64 bits per heavy atom. The molecule has 0 aliphatic heterocycles. The van der Waals surface area contributed by atoms with E-state index in [0.29, 0.717) is 39.5 Å². The number of hydrogen-bond acceptors (Lipinski definition) is 4. The molecule has 0 bridgehead atoms. The smallest absolute Gasteiger partial charge is 0.0795 e. The monoisotopic (exact) mass is 204 g/mol. The summed E-state index contributed by atoms with van der Waals surface area (Å²) in [6, 6.07) is 0. The quantitative estimate of drug-likeness (QED) is 0.418. The minimum atomic E-state index is -0.436. The van der Waals surface area contributed by atoms with Gasteiger partial charge in [-0.2, -0.15) is 0 Å². The number of hydrogen-bond donors (Lipinski definition) is 1. The van der Waals surface area contributed by atoms with Crippen LogP contribution < -0.4 is 0 Å². The maximum atomic E-state index is 9.24. The van der Waals surface area contributed by atoms with Gasteiger partial charge in [0.15, 0.2) is 0 Å². The van der Waals surface area contributed by atoms with Crippen molar-refractivity contribution in [2.24, 2.45) is 0 Å². The molecule has 0 heterocycles. The fourth-order valence-electron chi connectivity index (χ4n) is 0.882. The third-order valence-electron chi connectivity index (χ3n) is 1.56. The second kappa shape index (κ2) is 10.7. The molecule has 0 aliphatic rings. The Labute approximate surface area is 85.5 Å². The van der Waals surface area contributed by atoms with Crippen LogP contribution in [0.25, 0.3) is 0 Å². The zero-order chi connectivity index (χ0) is 10.6. The predicted molar refractivity (Wildman–Crippen MR) is 54.3 cm³/mol. The van der Waals surface area contributed by atoms with Crippen LogP contribution in [0, 0.1) is 0 Å². The van der Waals surface area contributed by atoms with Crippen molar-refractivity contribution in [2.75, 3.05) is 40.1 Å². The van der Waals surface area contributed by atoms with E-state index in [0.717, 1.165) is 0 Å². The summed E-state index contributed by atoms with van der Waals surface area (Å²) in [5.74, 6) is 0. The first-order valence-corrected chi connectivity index (χ1v) is 4.74. The molecule has 0 radical (unpaired) electrons. The molecule has 0 amide bonds. The first-order chi connectivity index (χ1) is 6.81. The van der Waals surface area contributed by atoms with Crippen LogP contribution in [0.5, 0.6) is 0 Å². The Kier molecular flexibility index (Phi) is 10.3. The van der Waals surface area contributed by atoms with E-state index in [-0.39, 0.29) is 0 Å². The van der Waals surface area contributed by atoms with Gasteiger partial charge in [0.1, 0.15) is 0 Å². The van der Waals surface area contributed by atoms with Crippen molar-refractivity contribution in [3.63, 3.8) is 0 Å². The highest BCUT2D eigenvalue weighted by Crippen LogP contribution is 1.92. The third-order valence-corrected chi connectivity index (χ3v) is 1.56. The van der Waals surface area contributed by atoms with E-state index < -0.39 is 6.10 Å². The maximum absolute atomic E-state index is 9.24. The summed E-state index contributed by atoms with van der Waals surface area (Å²) in [5.41, 5.74) is 0. The van der Waals surface area contributed by atoms with Crippen LogP contribution in [0.4, 0.5) is 0 Å². The second-order valence-electron chi connectivity index (χ2n) is 2.87. The zero-order valence-corrected chi connectivity index (χ0v) is 8.78. The molecule has 0 saturated carbocycles. The van der Waals surface area contributed by atoms with Crippen LogP contribution in [0.3, 0.4) is 0 Å². The molecule has 1 unspecified atom stereocenters. The highest BCUT2D eigenvalue weighted by atomic mass is 16.5. The van der Waals surface area contributed by atoms with Crippen LogP contribution in [-0.2, 0) is 14.2 Å². The molecule has 1 atom stereocenters. The van der Waals surface area contributed by atoms with E-state index in [4.69, 9.17) is 14.2 Å². The first kappa shape index (κ1) is 13.6. The largest absolute Gasteiger partial charge is 0.391 e. The van der Waals surface area contributed by atoms with E-state index in [9.17, 15) is 5.11 Å². The average Bonchev–Trinajstić information content (AvgIpc) is 2.17. The van der Waals surface area contributed by atoms with Gasteiger partial charge < -0.3 is 19.3 Å². The molecule has 84 valence electrons. The van der Waals surface area contributed by atoms with E-state index in [1.807, 2.05) is 0 Å². The maximum Gasteiger partial charge on any atom is 0.0795 e. The molecule has 0 fully saturated rings. The van der Waals surface area contributed by atoms with Crippen molar-refractivity contribution in [3.8, 4) is 0 Å². The fraction of sp³-hybridized carbons (Fsp3) is 0.800. The van der Waals surface area contributed by atoms with Gasteiger partial charge in [0.05, 0.1) is 32.5 Å². The van der Waals surface area contributed by atoms with Gasteiger partial charge in [0.25, 0.3) is 0 Å². The van der Waals surface area contributed by atoms with Crippen molar-refractivity contribution in [1.82, 2.24) is 0 Å². The first-order valence-electron chi connectivity index (χ1n) is 4.74. The minimum Gasteiger partial charge on any atom is -0.391 e. The molecule has 14 heavy (non-hydrogen) atoms. The molecular formula is C10H20O4. The van der Waals surface area contributed by atoms with E-state index in [1.54, 1.807) is 13.2 Å². The lowest BCUT2D eigenvalue weighted by molar-refractivity contribution is 0.0164. The summed E-state index contributed by atoms with van der Waals surface area (Å²) < 4.78 is 15.1. The molecule has 0 saturated heterocycles. The van der Waals surface area contributed by atoms with Crippen LogP contribution in [0.1, 0.15) is 6.42 Å². The standard InChI is InChI=1S/C10H20O4/c1-3-5-13-7-8-14-6-4-10(11)9-12-2/h3,10-11H,1,4-9H2,2H3. The Morgan fingerprint density at radius 1 is 1.29 bits per heavy atom. The van der Waals surface area contributed by atoms with E-state index in [1.165, 1.54) is 0 Å². The molecule has 0 aliphatic carbocycles. The van der Waals surface area contributed by atoms with Crippen molar-refractivity contribution in [2.45, 2.75) is 12.5 Å². The normalized spacial score (nSPS) is 12.7. The second-order valence-corrected chi connectivity index (χ2v) is 2.87. The van der Waals surface area contributed by atoms with Gasteiger partial charge in [-0.1, -0.05) is 6.08 Å². The number of rotatable bonds is 10. The molecule has 0 aromatic heterocycles. The van der Waals surface area contributed by atoms with Gasteiger partial charge >= 0.3 is 0 Å². The van der Waals surface area contributed by atoms with Crippen LogP contribution >= 0.6 is 0 Å². The highest BCUT2D eigenvalue weighted by molar-refractivity contribution is 4.63. The van der Waals surface area contributed by atoms with Crippen molar-refractivity contribution < 1.29 is 19.3 Å². The molecule has 1 N–H and O–H groups in total. The van der Waals surface area contributed by atoms with Crippen LogP contribution in [-0.4, -0.2) is 51.4 Å². The van der Waals surface area contributed by atoms with E-state index >= 15 is 0 Å². The van der Waals surface area contributed by atoms with Gasteiger partial charge in [0.2, 0.25) is 0 Å². The Bertz CT molecular complexity index is 127. The number of methoxy groups -OCH3 is 1. The third kappa shape index (κ3) is 9.67. The number of aliphatic hydroxyl groups is 1. The molecule has 4 nitrogen and oxygen atoms in total. The van der Waals surface area contributed by atoms with E-state index in [2.05, 4.69) is 6.58 Å². The Morgan fingerprint density at radius 2 is 2.00 bits per heavy atom. The van der Waals surface area contributed by atoms with Crippen LogP contribution in [0.2, 0.25) is 0 Å². The Hall–Kier alpha value is -0.420. The summed E-state index contributed by atoms with van der Waals surface area (Å²) in [5, 5.41) is 9.24. The summed E-state index contributed by atoms with van der Waals surface area (Å²) in [7, 11) is 1.56. The van der Waals surface area contributed by atoms with Gasteiger partial charge in [-0.15, -0.1) is 6.58 Å². The zero-order valence-electron chi connectivity index (χ0n) is 8.78. The molecule has 0 spiro atoms. The summed E-state index contributed by atoms with van der Waals surface area (Å²) in [6.07, 6.45) is 1.85. The number of aliphatic hydroxyl groups excluding tert-OH is 1. The van der Waals surface area contributed by atoms with Crippen molar-refractivity contribution in [1.29, 1.82) is 0 Å². The van der Waals surface area contributed by atoms with Gasteiger partial charge in [0, 0.05) is 13.7 Å².